The Hall–Kier alpha value is -0.320. The zero-order valence-electron chi connectivity index (χ0n) is 13.6. The van der Waals surface area contributed by atoms with Gasteiger partial charge in [-0.2, -0.15) is 0 Å². The van der Waals surface area contributed by atoms with E-state index < -0.39 is 12.2 Å². The van der Waals surface area contributed by atoms with E-state index in [2.05, 4.69) is 20.7 Å². The maximum absolute atomic E-state index is 9.39. The van der Waals surface area contributed by atoms with Gasteiger partial charge in [-0.3, -0.25) is 10.5 Å². The molecule has 8 heteroatoms. The van der Waals surface area contributed by atoms with Crippen molar-refractivity contribution in [3.8, 4) is 0 Å². The smallest absolute Gasteiger partial charge is 0.0934 e. The van der Waals surface area contributed by atoms with E-state index in [9.17, 15) is 10.4 Å². The van der Waals surface area contributed by atoms with Crippen molar-refractivity contribution in [2.24, 2.45) is 23.7 Å². The topological polar surface area (TPSA) is 123 Å². The fraction of sp³-hybridized carbons (Fsp3) is 1.00. The molecule has 0 spiro atoms. The van der Waals surface area contributed by atoms with E-state index in [0.717, 1.165) is 12.8 Å². The maximum atomic E-state index is 9.39. The summed E-state index contributed by atoms with van der Waals surface area (Å²) in [6.07, 6.45) is 0.645. The van der Waals surface area contributed by atoms with Gasteiger partial charge in [0.15, 0.2) is 0 Å². The van der Waals surface area contributed by atoms with E-state index in [1.807, 2.05) is 13.8 Å². The summed E-state index contributed by atoms with van der Waals surface area (Å²) in [5.41, 5.74) is 4.55. The predicted molar refractivity (Wildman–Crippen MR) is 78.3 cm³/mol. The van der Waals surface area contributed by atoms with Gasteiger partial charge in [-0.1, -0.05) is 0 Å². The molecule has 8 nitrogen and oxygen atoms in total. The molecule has 0 radical (unpaired) electrons. The molecule has 0 amide bonds. The normalized spacial score (nSPS) is 34.9. The lowest BCUT2D eigenvalue weighted by Gasteiger charge is -2.49. The van der Waals surface area contributed by atoms with Crippen LogP contribution in [0.3, 0.4) is 0 Å². The first-order chi connectivity index (χ1) is 10.4. The molecule has 132 valence electrons. The molecule has 8 unspecified atom stereocenters. The second-order valence-electron chi connectivity index (χ2n) is 6.52. The van der Waals surface area contributed by atoms with Crippen molar-refractivity contribution in [3.63, 3.8) is 0 Å². The largest absolute Gasteiger partial charge is 0.317 e. The third kappa shape index (κ3) is 4.15. The molecular formula is C14H30N2O6. The average Bonchev–Trinajstić information content (AvgIpc) is 2.57. The van der Waals surface area contributed by atoms with Crippen LogP contribution >= 0.6 is 0 Å². The van der Waals surface area contributed by atoms with Gasteiger partial charge in [0, 0.05) is 12.1 Å². The van der Waals surface area contributed by atoms with Gasteiger partial charge in [0.25, 0.3) is 0 Å². The summed E-state index contributed by atoms with van der Waals surface area (Å²) in [5, 5.41) is 36.9. The first-order valence-electron chi connectivity index (χ1n) is 7.82. The van der Waals surface area contributed by atoms with Gasteiger partial charge in [0.1, 0.15) is 0 Å². The quantitative estimate of drug-likeness (QED) is 0.295. The Bertz CT molecular complexity index is 292. The molecule has 6 N–H and O–H groups in total. The van der Waals surface area contributed by atoms with Crippen LogP contribution in [0.25, 0.3) is 0 Å². The van der Waals surface area contributed by atoms with Crippen molar-refractivity contribution < 1.29 is 30.7 Å². The Kier molecular flexibility index (Phi) is 8.15. The monoisotopic (exact) mass is 322 g/mol. The summed E-state index contributed by atoms with van der Waals surface area (Å²) in [4.78, 5) is 9.10. The highest BCUT2D eigenvalue weighted by atomic mass is 17.1. The van der Waals surface area contributed by atoms with Crippen molar-refractivity contribution in [2.45, 2.75) is 64.8 Å². The van der Waals surface area contributed by atoms with E-state index in [4.69, 9.17) is 10.5 Å². The van der Waals surface area contributed by atoms with Gasteiger partial charge >= 0.3 is 0 Å². The fourth-order valence-corrected chi connectivity index (χ4v) is 4.17. The molecule has 1 fully saturated rings. The summed E-state index contributed by atoms with van der Waals surface area (Å²) in [7, 11) is 0. The van der Waals surface area contributed by atoms with Crippen LogP contribution in [0.2, 0.25) is 0 Å². The van der Waals surface area contributed by atoms with E-state index in [1.54, 1.807) is 13.8 Å². The molecule has 0 saturated heterocycles. The number of hydrogen-bond acceptors (Lipinski definition) is 8. The summed E-state index contributed by atoms with van der Waals surface area (Å²) < 4.78 is 0. The van der Waals surface area contributed by atoms with Crippen LogP contribution in [0.5, 0.6) is 0 Å². The van der Waals surface area contributed by atoms with Crippen molar-refractivity contribution in [3.05, 3.63) is 0 Å². The minimum atomic E-state index is -0.490. The van der Waals surface area contributed by atoms with Gasteiger partial charge < -0.3 is 10.4 Å². The molecule has 0 aliphatic heterocycles. The van der Waals surface area contributed by atoms with Crippen LogP contribution in [0.15, 0.2) is 0 Å². The molecule has 0 bridgehead atoms. The van der Waals surface area contributed by atoms with Gasteiger partial charge in [0.05, 0.1) is 12.2 Å². The lowest BCUT2D eigenvalue weighted by atomic mass is 9.60. The second kappa shape index (κ2) is 9.09. The molecule has 22 heavy (non-hydrogen) atoms. The van der Waals surface area contributed by atoms with Crippen LogP contribution in [0, 0.1) is 23.7 Å². The summed E-state index contributed by atoms with van der Waals surface area (Å²) in [5.74, 6) is -0.256. The number of hydrogen-bond donors (Lipinski definition) is 6. The maximum Gasteiger partial charge on any atom is 0.0934 e. The van der Waals surface area contributed by atoms with Crippen LogP contribution in [0.4, 0.5) is 0 Å². The van der Waals surface area contributed by atoms with E-state index in [1.165, 1.54) is 0 Å². The highest BCUT2D eigenvalue weighted by Crippen LogP contribution is 2.46. The molecule has 1 saturated carbocycles. The SMILES string of the molecule is CC(NO)C1CCC(C(C)OO)C(C(C)NO)C1C(C)OO. The van der Waals surface area contributed by atoms with E-state index in [-0.39, 0.29) is 35.8 Å². The zero-order valence-corrected chi connectivity index (χ0v) is 13.6. The molecule has 8 atom stereocenters. The molecule has 0 aromatic heterocycles. The van der Waals surface area contributed by atoms with Crippen molar-refractivity contribution >= 4 is 0 Å². The number of rotatable bonds is 8. The molecule has 0 aromatic carbocycles. The zero-order chi connectivity index (χ0) is 16.9. The predicted octanol–water partition coefficient (Wildman–Crippen LogP) is 1.74. The molecule has 0 heterocycles. The molecule has 1 aliphatic rings. The van der Waals surface area contributed by atoms with Gasteiger partial charge in [-0.25, -0.2) is 20.7 Å². The van der Waals surface area contributed by atoms with Crippen LogP contribution in [-0.2, 0) is 9.78 Å². The van der Waals surface area contributed by atoms with E-state index >= 15 is 0 Å². The van der Waals surface area contributed by atoms with Crippen molar-refractivity contribution in [1.82, 2.24) is 11.0 Å². The lowest BCUT2D eigenvalue weighted by molar-refractivity contribution is -0.313. The standard InChI is InChI=1S/C14H30N2O6/c1-7(15-17)11-5-6-12(9(3)21-19)13(8(2)16-18)14(11)10(4)22-20/h7-20H,5-6H2,1-4H3. The Morgan fingerprint density at radius 2 is 1.27 bits per heavy atom. The lowest BCUT2D eigenvalue weighted by Crippen LogP contribution is -2.55. The highest BCUT2D eigenvalue weighted by molar-refractivity contribution is 4.97. The number of nitrogens with one attached hydrogen (secondary N) is 2. The average molecular weight is 322 g/mol. The second-order valence-corrected chi connectivity index (χ2v) is 6.52. The van der Waals surface area contributed by atoms with Gasteiger partial charge in [0.2, 0.25) is 0 Å². The van der Waals surface area contributed by atoms with Gasteiger partial charge in [-0.05, 0) is 64.2 Å². The Morgan fingerprint density at radius 1 is 0.773 bits per heavy atom. The third-order valence-corrected chi connectivity index (χ3v) is 5.37. The summed E-state index contributed by atoms with van der Waals surface area (Å²) >= 11 is 0. The molecule has 1 aliphatic carbocycles. The van der Waals surface area contributed by atoms with E-state index in [0.29, 0.717) is 0 Å². The van der Waals surface area contributed by atoms with Gasteiger partial charge in [-0.15, -0.1) is 0 Å². The molecule has 1 rings (SSSR count). The third-order valence-electron chi connectivity index (χ3n) is 5.37. The minimum absolute atomic E-state index is 0.0237. The highest BCUT2D eigenvalue weighted by Gasteiger charge is 2.48. The Morgan fingerprint density at radius 3 is 1.73 bits per heavy atom. The molecular weight excluding hydrogens is 292 g/mol. The van der Waals surface area contributed by atoms with Crippen LogP contribution in [-0.4, -0.2) is 45.2 Å². The fourth-order valence-electron chi connectivity index (χ4n) is 4.17. The Labute approximate surface area is 131 Å². The molecule has 0 aromatic rings. The van der Waals surface area contributed by atoms with Crippen LogP contribution in [0.1, 0.15) is 40.5 Å². The van der Waals surface area contributed by atoms with Crippen molar-refractivity contribution in [2.75, 3.05) is 0 Å². The van der Waals surface area contributed by atoms with Crippen molar-refractivity contribution in [1.29, 1.82) is 0 Å². The Balaban J connectivity index is 3.16. The van der Waals surface area contributed by atoms with Crippen LogP contribution < -0.4 is 11.0 Å². The summed E-state index contributed by atoms with van der Waals surface area (Å²) in [6.45, 7) is 7.23. The minimum Gasteiger partial charge on any atom is -0.317 e. The first-order valence-corrected chi connectivity index (χ1v) is 7.82. The first kappa shape index (κ1) is 19.7. The number of hydroxylamine groups is 2. The summed E-state index contributed by atoms with van der Waals surface area (Å²) in [6, 6.07) is -0.485.